The van der Waals surface area contributed by atoms with E-state index >= 15 is 0 Å². The van der Waals surface area contributed by atoms with E-state index in [0.717, 1.165) is 60.0 Å². The average molecular weight is 425 g/mol. The van der Waals surface area contributed by atoms with Crippen molar-refractivity contribution in [3.63, 3.8) is 0 Å². The van der Waals surface area contributed by atoms with Crippen LogP contribution in [0.1, 0.15) is 16.7 Å². The van der Waals surface area contributed by atoms with E-state index in [0.29, 0.717) is 12.1 Å². The number of aryl methyl sites for hydroxylation is 1. The number of fused-ring (bicyclic) bond motifs is 1. The van der Waals surface area contributed by atoms with Gasteiger partial charge in [0.2, 0.25) is 0 Å². The SMILES string of the molecule is Cc1c(Nc2ccncc2-c2cc(CN3CCOCC3)c(C#N)cn2)ccc2[nH]ccc12. The lowest BCUT2D eigenvalue weighted by Gasteiger charge is -2.27. The van der Waals surface area contributed by atoms with E-state index in [1.165, 1.54) is 10.9 Å². The number of aromatic nitrogens is 3. The van der Waals surface area contributed by atoms with Crippen LogP contribution in [-0.4, -0.2) is 46.2 Å². The topological polar surface area (TPSA) is 89.9 Å². The van der Waals surface area contributed by atoms with Crippen molar-refractivity contribution in [1.29, 1.82) is 5.26 Å². The lowest BCUT2D eigenvalue weighted by Crippen LogP contribution is -2.35. The van der Waals surface area contributed by atoms with Crippen LogP contribution in [0.2, 0.25) is 0 Å². The fourth-order valence-electron chi connectivity index (χ4n) is 4.15. The molecule has 4 heterocycles. The van der Waals surface area contributed by atoms with Gasteiger partial charge in [0.25, 0.3) is 0 Å². The molecule has 0 atom stereocenters. The zero-order chi connectivity index (χ0) is 21.9. The zero-order valence-electron chi connectivity index (χ0n) is 17.9. The Morgan fingerprint density at radius 3 is 2.88 bits per heavy atom. The second kappa shape index (κ2) is 8.79. The standard InChI is InChI=1S/C25H24N6O/c1-17-20-4-7-28-23(20)3-2-22(17)30-24-5-6-27-15-21(24)25-12-18(19(13-26)14-29-25)16-31-8-10-32-11-9-31/h2-7,12,14-15,28H,8-11,16H2,1H3,(H,27,30). The molecule has 0 amide bonds. The van der Waals surface area contributed by atoms with Gasteiger partial charge in [0.05, 0.1) is 30.2 Å². The van der Waals surface area contributed by atoms with Gasteiger partial charge in [-0.1, -0.05) is 0 Å². The molecular formula is C25H24N6O. The van der Waals surface area contributed by atoms with E-state index in [2.05, 4.69) is 56.4 Å². The molecular weight excluding hydrogens is 400 g/mol. The number of hydrogen-bond acceptors (Lipinski definition) is 6. The van der Waals surface area contributed by atoms with Crippen LogP contribution in [0.3, 0.4) is 0 Å². The van der Waals surface area contributed by atoms with E-state index in [-0.39, 0.29) is 0 Å². The Morgan fingerprint density at radius 2 is 2.03 bits per heavy atom. The number of hydrogen-bond donors (Lipinski definition) is 2. The van der Waals surface area contributed by atoms with Crippen molar-refractivity contribution in [2.45, 2.75) is 13.5 Å². The number of nitrogens with zero attached hydrogens (tertiary/aromatic N) is 4. The van der Waals surface area contributed by atoms with E-state index in [4.69, 9.17) is 4.74 Å². The first-order chi connectivity index (χ1) is 15.7. The van der Waals surface area contributed by atoms with Crippen LogP contribution in [-0.2, 0) is 11.3 Å². The molecule has 4 aromatic rings. The third kappa shape index (κ3) is 3.94. The van der Waals surface area contributed by atoms with Gasteiger partial charge in [0.1, 0.15) is 6.07 Å². The summed E-state index contributed by atoms with van der Waals surface area (Å²) < 4.78 is 5.45. The molecule has 0 radical (unpaired) electrons. The first kappa shape index (κ1) is 20.2. The van der Waals surface area contributed by atoms with Gasteiger partial charge in [-0.2, -0.15) is 5.26 Å². The second-order valence-electron chi connectivity index (χ2n) is 7.95. The largest absolute Gasteiger partial charge is 0.379 e. The number of benzene rings is 1. The molecule has 2 N–H and O–H groups in total. The van der Waals surface area contributed by atoms with Gasteiger partial charge in [0.15, 0.2) is 0 Å². The Bertz CT molecular complexity index is 1300. The molecule has 1 aliphatic heterocycles. The minimum Gasteiger partial charge on any atom is -0.379 e. The Morgan fingerprint density at radius 1 is 1.16 bits per heavy atom. The number of nitrogens with one attached hydrogen (secondary N) is 2. The molecule has 160 valence electrons. The summed E-state index contributed by atoms with van der Waals surface area (Å²) >= 11 is 0. The Kier molecular flexibility index (Phi) is 5.55. The molecule has 0 spiro atoms. The highest BCUT2D eigenvalue weighted by Crippen LogP contribution is 2.32. The fraction of sp³-hybridized carbons (Fsp3) is 0.240. The summed E-state index contributed by atoms with van der Waals surface area (Å²) in [5.74, 6) is 0. The summed E-state index contributed by atoms with van der Waals surface area (Å²) in [6.07, 6.45) is 7.21. The maximum Gasteiger partial charge on any atom is 0.101 e. The smallest absolute Gasteiger partial charge is 0.101 e. The molecule has 1 fully saturated rings. The number of nitriles is 1. The van der Waals surface area contributed by atoms with E-state index in [1.807, 2.05) is 24.5 Å². The fourth-order valence-corrected chi connectivity index (χ4v) is 4.15. The monoisotopic (exact) mass is 424 g/mol. The number of pyridine rings is 2. The third-order valence-electron chi connectivity index (χ3n) is 5.98. The van der Waals surface area contributed by atoms with Crippen LogP contribution in [0.15, 0.2) is 55.1 Å². The summed E-state index contributed by atoms with van der Waals surface area (Å²) in [6.45, 7) is 5.99. The molecule has 32 heavy (non-hydrogen) atoms. The maximum atomic E-state index is 9.60. The highest BCUT2D eigenvalue weighted by molar-refractivity contribution is 5.90. The predicted octanol–water partition coefficient (Wildman–Crippen LogP) is 4.38. The minimum atomic E-state index is 0.604. The number of H-pyrrole nitrogens is 1. The average Bonchev–Trinajstić information content (AvgIpc) is 3.32. The van der Waals surface area contributed by atoms with Crippen LogP contribution in [0, 0.1) is 18.3 Å². The minimum absolute atomic E-state index is 0.604. The van der Waals surface area contributed by atoms with Crippen molar-refractivity contribution in [2.75, 3.05) is 31.6 Å². The number of anilines is 2. The molecule has 0 aliphatic carbocycles. The van der Waals surface area contributed by atoms with Crippen molar-refractivity contribution in [3.8, 4) is 17.3 Å². The highest BCUT2D eigenvalue weighted by Gasteiger charge is 2.16. The lowest BCUT2D eigenvalue weighted by atomic mass is 10.0. The van der Waals surface area contributed by atoms with Gasteiger partial charge in [-0.25, -0.2) is 0 Å². The van der Waals surface area contributed by atoms with Crippen LogP contribution in [0.5, 0.6) is 0 Å². The van der Waals surface area contributed by atoms with E-state index in [1.54, 1.807) is 12.4 Å². The third-order valence-corrected chi connectivity index (χ3v) is 5.98. The Hall–Kier alpha value is -3.73. The van der Waals surface area contributed by atoms with Crippen molar-refractivity contribution in [2.24, 2.45) is 0 Å². The summed E-state index contributed by atoms with van der Waals surface area (Å²) in [4.78, 5) is 14.5. The van der Waals surface area contributed by atoms with Gasteiger partial charge >= 0.3 is 0 Å². The Labute approximate surface area is 186 Å². The van der Waals surface area contributed by atoms with Crippen LogP contribution in [0.25, 0.3) is 22.2 Å². The van der Waals surface area contributed by atoms with Crippen LogP contribution in [0.4, 0.5) is 11.4 Å². The number of morpholine rings is 1. The first-order valence-electron chi connectivity index (χ1n) is 10.7. The zero-order valence-corrected chi connectivity index (χ0v) is 17.9. The van der Waals surface area contributed by atoms with Crippen molar-refractivity contribution in [1.82, 2.24) is 19.9 Å². The highest BCUT2D eigenvalue weighted by atomic mass is 16.5. The van der Waals surface area contributed by atoms with E-state index < -0.39 is 0 Å². The number of rotatable bonds is 5. The molecule has 1 saturated heterocycles. The van der Waals surface area contributed by atoms with Crippen molar-refractivity contribution < 1.29 is 4.74 Å². The molecule has 3 aromatic heterocycles. The lowest BCUT2D eigenvalue weighted by molar-refractivity contribution is 0.0341. The molecule has 0 saturated carbocycles. The molecule has 7 heteroatoms. The van der Waals surface area contributed by atoms with Crippen LogP contribution >= 0.6 is 0 Å². The van der Waals surface area contributed by atoms with Crippen molar-refractivity contribution >= 4 is 22.3 Å². The predicted molar refractivity (Wildman–Crippen MR) is 125 cm³/mol. The van der Waals surface area contributed by atoms with Gasteiger partial charge in [-0.05, 0) is 48.4 Å². The molecule has 7 nitrogen and oxygen atoms in total. The number of ether oxygens (including phenoxy) is 1. The second-order valence-corrected chi connectivity index (χ2v) is 7.95. The van der Waals surface area contributed by atoms with Gasteiger partial charge < -0.3 is 15.0 Å². The van der Waals surface area contributed by atoms with Crippen LogP contribution < -0.4 is 5.32 Å². The molecule has 0 unspecified atom stereocenters. The van der Waals surface area contributed by atoms with Gasteiger partial charge in [-0.15, -0.1) is 0 Å². The molecule has 1 aliphatic rings. The number of aromatic amines is 1. The molecule has 0 bridgehead atoms. The summed E-state index contributed by atoms with van der Waals surface area (Å²) in [6, 6.07) is 12.5. The quantitative estimate of drug-likeness (QED) is 0.494. The Balaban J connectivity index is 1.49. The van der Waals surface area contributed by atoms with Gasteiger partial charge in [0, 0.05) is 66.6 Å². The maximum absolute atomic E-state index is 9.60. The van der Waals surface area contributed by atoms with Crippen molar-refractivity contribution in [3.05, 3.63) is 71.8 Å². The van der Waals surface area contributed by atoms with Gasteiger partial charge in [-0.3, -0.25) is 14.9 Å². The molecule has 5 rings (SSSR count). The summed E-state index contributed by atoms with van der Waals surface area (Å²) in [5, 5.41) is 14.4. The van der Waals surface area contributed by atoms with E-state index in [9.17, 15) is 5.26 Å². The summed E-state index contributed by atoms with van der Waals surface area (Å²) in [7, 11) is 0. The molecule has 1 aromatic carbocycles. The summed E-state index contributed by atoms with van der Waals surface area (Å²) in [5.41, 5.74) is 7.51. The normalized spacial score (nSPS) is 14.4. The first-order valence-corrected chi connectivity index (χ1v) is 10.7.